The molecule has 6 heteroatoms. The van der Waals surface area contributed by atoms with E-state index in [1.165, 1.54) is 0 Å². The molecule has 2 aliphatic rings. The molecular formula is C15H20N2O4. The zero-order valence-electron chi connectivity index (χ0n) is 11.8. The summed E-state index contributed by atoms with van der Waals surface area (Å²) in [6.07, 6.45) is 2.28. The number of hydrogen-bond donors (Lipinski definition) is 2. The number of benzene rings is 1. The molecule has 2 aliphatic heterocycles. The highest BCUT2D eigenvalue weighted by Crippen LogP contribution is 2.20. The average molecular weight is 292 g/mol. The number of amides is 2. The summed E-state index contributed by atoms with van der Waals surface area (Å²) in [5, 5.41) is 12.1. The maximum absolute atomic E-state index is 11.9. The number of phenolic OH excluding ortho intramolecular Hbond substituents is 1. The van der Waals surface area contributed by atoms with Gasteiger partial charge in [0.2, 0.25) is 0 Å². The van der Waals surface area contributed by atoms with Crippen LogP contribution in [0.3, 0.4) is 0 Å². The first-order valence-electron chi connectivity index (χ1n) is 7.31. The minimum absolute atomic E-state index is 0.0167. The third kappa shape index (κ3) is 3.58. The van der Waals surface area contributed by atoms with Crippen molar-refractivity contribution >= 4 is 6.03 Å². The van der Waals surface area contributed by atoms with Crippen molar-refractivity contribution in [1.82, 2.24) is 10.2 Å². The van der Waals surface area contributed by atoms with Crippen LogP contribution < -0.4 is 10.1 Å². The standard InChI is InChI=1S/C15H20N2O4/c18-11-3-5-12(6-4-11)21-14-9-17(10-14)15(19)16-8-13-2-1-7-20-13/h3-6,13-14,18H,1-2,7-10H2,(H,16,19)/t13-/m0/s1. The highest BCUT2D eigenvalue weighted by atomic mass is 16.5. The van der Waals surface area contributed by atoms with Gasteiger partial charge in [-0.25, -0.2) is 4.79 Å². The van der Waals surface area contributed by atoms with Gasteiger partial charge in [-0.2, -0.15) is 0 Å². The summed E-state index contributed by atoms with van der Waals surface area (Å²) < 4.78 is 11.2. The number of rotatable bonds is 4. The van der Waals surface area contributed by atoms with Crippen LogP contribution in [0.2, 0.25) is 0 Å². The van der Waals surface area contributed by atoms with Crippen molar-refractivity contribution in [3.63, 3.8) is 0 Å². The molecule has 0 saturated carbocycles. The number of phenols is 1. The molecule has 6 nitrogen and oxygen atoms in total. The van der Waals surface area contributed by atoms with Gasteiger partial charge in [0.15, 0.2) is 0 Å². The Kier molecular flexibility index (Phi) is 4.15. The number of urea groups is 1. The molecule has 2 N–H and O–H groups in total. The normalized spacial score (nSPS) is 21.9. The molecule has 0 aliphatic carbocycles. The van der Waals surface area contributed by atoms with E-state index in [9.17, 15) is 9.90 Å². The lowest BCUT2D eigenvalue weighted by Crippen LogP contribution is -2.59. The smallest absolute Gasteiger partial charge is 0.317 e. The van der Waals surface area contributed by atoms with E-state index < -0.39 is 0 Å². The van der Waals surface area contributed by atoms with Crippen molar-refractivity contribution in [2.24, 2.45) is 0 Å². The number of ether oxygens (including phenoxy) is 2. The molecule has 2 heterocycles. The third-order valence-electron chi connectivity index (χ3n) is 3.78. The Morgan fingerprint density at radius 1 is 1.38 bits per heavy atom. The van der Waals surface area contributed by atoms with Crippen molar-refractivity contribution in [3.8, 4) is 11.5 Å². The fourth-order valence-corrected chi connectivity index (χ4v) is 2.51. The largest absolute Gasteiger partial charge is 0.508 e. The molecule has 1 atom stereocenters. The molecule has 21 heavy (non-hydrogen) atoms. The van der Waals surface area contributed by atoms with Crippen LogP contribution in [0.25, 0.3) is 0 Å². The predicted molar refractivity (Wildman–Crippen MR) is 76.5 cm³/mol. The van der Waals surface area contributed by atoms with Crippen LogP contribution in [0, 0.1) is 0 Å². The molecule has 2 amide bonds. The van der Waals surface area contributed by atoms with Gasteiger partial charge in [-0.3, -0.25) is 0 Å². The molecule has 0 unspecified atom stereocenters. The second-order valence-electron chi connectivity index (χ2n) is 5.46. The van der Waals surface area contributed by atoms with Gasteiger partial charge in [0.05, 0.1) is 19.2 Å². The number of carbonyl (C=O) groups excluding carboxylic acids is 1. The second-order valence-corrected chi connectivity index (χ2v) is 5.46. The third-order valence-corrected chi connectivity index (χ3v) is 3.78. The second kappa shape index (κ2) is 6.22. The lowest BCUT2D eigenvalue weighted by molar-refractivity contribution is 0.0421. The first-order chi connectivity index (χ1) is 10.2. The molecule has 0 radical (unpaired) electrons. The minimum Gasteiger partial charge on any atom is -0.508 e. The maximum Gasteiger partial charge on any atom is 0.317 e. The SMILES string of the molecule is O=C(NC[C@@H]1CCCO1)N1CC(Oc2ccc(O)cc2)C1. The number of carbonyl (C=O) groups is 1. The molecule has 0 bridgehead atoms. The zero-order chi connectivity index (χ0) is 14.7. The molecule has 1 aromatic rings. The highest BCUT2D eigenvalue weighted by Gasteiger charge is 2.32. The first kappa shape index (κ1) is 14.0. The van der Waals surface area contributed by atoms with Crippen molar-refractivity contribution in [3.05, 3.63) is 24.3 Å². The molecule has 0 aromatic heterocycles. The van der Waals surface area contributed by atoms with E-state index in [-0.39, 0.29) is 24.0 Å². The minimum atomic E-state index is -0.0592. The number of likely N-dealkylation sites (tertiary alicyclic amines) is 1. The zero-order valence-corrected chi connectivity index (χ0v) is 11.8. The van der Waals surface area contributed by atoms with Gasteiger partial charge in [0, 0.05) is 13.2 Å². The Hall–Kier alpha value is -1.95. The Balaban J connectivity index is 1.36. The molecule has 0 spiro atoms. The van der Waals surface area contributed by atoms with E-state index in [1.807, 2.05) is 0 Å². The van der Waals surface area contributed by atoms with Gasteiger partial charge in [-0.15, -0.1) is 0 Å². The Morgan fingerprint density at radius 2 is 2.14 bits per heavy atom. The first-order valence-corrected chi connectivity index (χ1v) is 7.31. The van der Waals surface area contributed by atoms with E-state index in [0.29, 0.717) is 25.4 Å². The number of aromatic hydroxyl groups is 1. The molecule has 114 valence electrons. The van der Waals surface area contributed by atoms with E-state index >= 15 is 0 Å². The van der Waals surface area contributed by atoms with Crippen LogP contribution >= 0.6 is 0 Å². The van der Waals surface area contributed by atoms with Crippen LogP contribution in [0.15, 0.2) is 24.3 Å². The molecule has 3 rings (SSSR count). The van der Waals surface area contributed by atoms with E-state index in [4.69, 9.17) is 9.47 Å². The summed E-state index contributed by atoms with van der Waals surface area (Å²) in [7, 11) is 0. The summed E-state index contributed by atoms with van der Waals surface area (Å²) in [5.41, 5.74) is 0. The van der Waals surface area contributed by atoms with Crippen LogP contribution in [0.1, 0.15) is 12.8 Å². The van der Waals surface area contributed by atoms with Gasteiger partial charge in [-0.1, -0.05) is 0 Å². The maximum atomic E-state index is 11.9. The van der Waals surface area contributed by atoms with E-state index in [2.05, 4.69) is 5.32 Å². The lowest BCUT2D eigenvalue weighted by Gasteiger charge is -2.38. The van der Waals surface area contributed by atoms with Crippen molar-refractivity contribution < 1.29 is 19.4 Å². The number of nitrogens with one attached hydrogen (secondary N) is 1. The summed E-state index contributed by atoms with van der Waals surface area (Å²) in [6, 6.07) is 6.54. The van der Waals surface area contributed by atoms with Crippen LogP contribution in [0.4, 0.5) is 4.79 Å². The molecule has 1 aromatic carbocycles. The van der Waals surface area contributed by atoms with Crippen LogP contribution in [-0.2, 0) is 4.74 Å². The summed E-state index contributed by atoms with van der Waals surface area (Å²) >= 11 is 0. The molecular weight excluding hydrogens is 272 g/mol. The number of hydrogen-bond acceptors (Lipinski definition) is 4. The fourth-order valence-electron chi connectivity index (χ4n) is 2.51. The molecule has 2 saturated heterocycles. The van der Waals surface area contributed by atoms with Gasteiger partial charge in [-0.05, 0) is 37.1 Å². The Morgan fingerprint density at radius 3 is 2.81 bits per heavy atom. The van der Waals surface area contributed by atoms with Gasteiger partial charge >= 0.3 is 6.03 Å². The van der Waals surface area contributed by atoms with Crippen molar-refractivity contribution in [2.45, 2.75) is 25.0 Å². The van der Waals surface area contributed by atoms with Gasteiger partial charge in [0.25, 0.3) is 0 Å². The van der Waals surface area contributed by atoms with Crippen molar-refractivity contribution in [2.75, 3.05) is 26.2 Å². The Labute approximate surface area is 123 Å². The summed E-state index contributed by atoms with van der Waals surface area (Å²) in [5.74, 6) is 0.920. The lowest BCUT2D eigenvalue weighted by atomic mass is 10.2. The summed E-state index contributed by atoms with van der Waals surface area (Å²) in [6.45, 7) is 2.54. The predicted octanol–water partition coefficient (Wildman–Crippen LogP) is 1.34. The summed E-state index contributed by atoms with van der Waals surface area (Å²) in [4.78, 5) is 13.6. The van der Waals surface area contributed by atoms with Crippen molar-refractivity contribution in [1.29, 1.82) is 0 Å². The van der Waals surface area contributed by atoms with Gasteiger partial charge < -0.3 is 24.8 Å². The molecule has 2 fully saturated rings. The monoisotopic (exact) mass is 292 g/mol. The fraction of sp³-hybridized carbons (Fsp3) is 0.533. The van der Waals surface area contributed by atoms with Gasteiger partial charge in [0.1, 0.15) is 17.6 Å². The topological polar surface area (TPSA) is 71.0 Å². The number of nitrogens with zero attached hydrogens (tertiary/aromatic N) is 1. The Bertz CT molecular complexity index is 479. The van der Waals surface area contributed by atoms with Crippen LogP contribution in [0.5, 0.6) is 11.5 Å². The quantitative estimate of drug-likeness (QED) is 0.878. The van der Waals surface area contributed by atoms with E-state index in [1.54, 1.807) is 29.2 Å². The van der Waals surface area contributed by atoms with E-state index in [0.717, 1.165) is 19.4 Å². The van der Waals surface area contributed by atoms with Crippen LogP contribution in [-0.4, -0.2) is 54.5 Å². The average Bonchev–Trinajstić information content (AvgIpc) is 2.95. The highest BCUT2D eigenvalue weighted by molar-refractivity contribution is 5.75.